The number of amides is 1. The lowest BCUT2D eigenvalue weighted by Gasteiger charge is -2.21. The molecule has 1 aliphatic rings. The third-order valence-electron chi connectivity index (χ3n) is 5.11. The van der Waals surface area contributed by atoms with Crippen molar-refractivity contribution in [1.29, 1.82) is 0 Å². The van der Waals surface area contributed by atoms with Crippen molar-refractivity contribution in [3.05, 3.63) is 45.3 Å². The number of hydrogen-bond acceptors (Lipinski definition) is 7. The van der Waals surface area contributed by atoms with E-state index in [0.29, 0.717) is 22.4 Å². The van der Waals surface area contributed by atoms with Crippen LogP contribution in [-0.4, -0.2) is 22.7 Å². The van der Waals surface area contributed by atoms with Crippen LogP contribution in [-0.2, 0) is 11.2 Å². The molecule has 0 spiro atoms. The zero-order valence-corrected chi connectivity index (χ0v) is 17.1. The van der Waals surface area contributed by atoms with Gasteiger partial charge in [0.25, 0.3) is 5.91 Å². The lowest BCUT2D eigenvalue weighted by atomic mass is 9.86. The Bertz CT molecular complexity index is 1070. The molecule has 0 saturated heterocycles. The first kappa shape index (κ1) is 19.6. The first-order valence-electron chi connectivity index (χ1n) is 9.95. The van der Waals surface area contributed by atoms with Crippen LogP contribution in [0.5, 0.6) is 5.75 Å². The fraction of sp³-hybridized carbons (Fsp3) is 0.429. The van der Waals surface area contributed by atoms with E-state index in [1.165, 1.54) is 17.8 Å². The maximum Gasteiger partial charge on any atom is 0.336 e. The number of unbranched alkanes of at least 4 members (excludes halogenated alkanes) is 1. The summed E-state index contributed by atoms with van der Waals surface area (Å²) in [6.45, 7) is 1.95. The molecule has 0 bridgehead atoms. The lowest BCUT2D eigenvalue weighted by molar-refractivity contribution is -0.118. The normalized spacial score (nSPS) is 14.0. The molecule has 1 saturated carbocycles. The minimum Gasteiger partial charge on any atom is -0.484 e. The number of rotatable bonds is 8. The van der Waals surface area contributed by atoms with E-state index < -0.39 is 0 Å². The number of carbonyl (C=O) groups excluding carboxylic acids is 1. The summed E-state index contributed by atoms with van der Waals surface area (Å²) in [6.07, 6.45) is 6.39. The van der Waals surface area contributed by atoms with Crippen molar-refractivity contribution in [3.63, 3.8) is 0 Å². The van der Waals surface area contributed by atoms with Gasteiger partial charge in [0.15, 0.2) is 6.61 Å². The van der Waals surface area contributed by atoms with Gasteiger partial charge in [-0.05, 0) is 43.4 Å². The van der Waals surface area contributed by atoms with Crippen LogP contribution in [0.4, 0.5) is 5.13 Å². The molecule has 1 aliphatic carbocycles. The number of carbonyl (C=O) groups is 1. The van der Waals surface area contributed by atoms with E-state index in [-0.39, 0.29) is 18.1 Å². The number of ether oxygens (including phenoxy) is 1. The van der Waals surface area contributed by atoms with Crippen molar-refractivity contribution in [1.82, 2.24) is 10.2 Å². The number of nitrogens with zero attached hydrogens (tertiary/aromatic N) is 2. The summed E-state index contributed by atoms with van der Waals surface area (Å²) in [7, 11) is 0. The molecule has 152 valence electrons. The van der Waals surface area contributed by atoms with Crippen LogP contribution >= 0.6 is 11.3 Å². The predicted octanol–water partition coefficient (Wildman–Crippen LogP) is 4.27. The van der Waals surface area contributed by atoms with Crippen LogP contribution in [0.1, 0.15) is 55.5 Å². The minimum atomic E-state index is -0.378. The molecule has 2 heterocycles. The maximum absolute atomic E-state index is 12.2. The molecule has 1 aromatic carbocycles. The maximum atomic E-state index is 12.2. The molecule has 2 aromatic heterocycles. The fourth-order valence-corrected chi connectivity index (χ4v) is 4.21. The zero-order chi connectivity index (χ0) is 20.2. The van der Waals surface area contributed by atoms with Crippen molar-refractivity contribution in [3.8, 4) is 5.75 Å². The van der Waals surface area contributed by atoms with Gasteiger partial charge < -0.3 is 9.15 Å². The van der Waals surface area contributed by atoms with Crippen molar-refractivity contribution in [2.75, 3.05) is 11.9 Å². The minimum absolute atomic E-state index is 0.163. The van der Waals surface area contributed by atoms with Gasteiger partial charge in [0.05, 0.1) is 0 Å². The summed E-state index contributed by atoms with van der Waals surface area (Å²) >= 11 is 1.42. The first-order valence-corrected chi connectivity index (χ1v) is 10.8. The first-order chi connectivity index (χ1) is 14.1. The van der Waals surface area contributed by atoms with Crippen molar-refractivity contribution in [2.45, 2.75) is 51.4 Å². The fourth-order valence-electron chi connectivity index (χ4n) is 3.28. The summed E-state index contributed by atoms with van der Waals surface area (Å²) in [5.41, 5.74) is 1.06. The molecule has 8 heteroatoms. The van der Waals surface area contributed by atoms with Crippen molar-refractivity contribution >= 4 is 33.3 Å². The Labute approximate surface area is 172 Å². The van der Waals surface area contributed by atoms with Crippen LogP contribution in [0.2, 0.25) is 0 Å². The highest BCUT2D eigenvalue weighted by Crippen LogP contribution is 2.38. The number of aryl methyl sites for hydroxylation is 1. The second kappa shape index (κ2) is 8.73. The van der Waals surface area contributed by atoms with Gasteiger partial charge in [0.2, 0.25) is 5.13 Å². The number of aromatic nitrogens is 2. The van der Waals surface area contributed by atoms with E-state index in [1.807, 2.05) is 6.07 Å². The molecule has 3 aromatic rings. The van der Waals surface area contributed by atoms with Gasteiger partial charge in [-0.25, -0.2) is 4.79 Å². The van der Waals surface area contributed by atoms with Gasteiger partial charge in [-0.3, -0.25) is 10.1 Å². The molecule has 7 nitrogen and oxygen atoms in total. The molecule has 0 unspecified atom stereocenters. The Morgan fingerprint density at radius 1 is 1.31 bits per heavy atom. The van der Waals surface area contributed by atoms with Crippen LogP contribution in [0, 0.1) is 0 Å². The highest BCUT2D eigenvalue weighted by molar-refractivity contribution is 7.15. The largest absolute Gasteiger partial charge is 0.484 e. The van der Waals surface area contributed by atoms with E-state index in [1.54, 1.807) is 18.2 Å². The highest BCUT2D eigenvalue weighted by atomic mass is 32.1. The molecule has 0 radical (unpaired) electrons. The zero-order valence-electron chi connectivity index (χ0n) is 16.3. The molecule has 1 N–H and O–H groups in total. The molecule has 1 amide bonds. The van der Waals surface area contributed by atoms with Crippen LogP contribution < -0.4 is 15.7 Å². The number of anilines is 1. The van der Waals surface area contributed by atoms with Gasteiger partial charge in [-0.2, -0.15) is 0 Å². The Morgan fingerprint density at radius 2 is 2.17 bits per heavy atom. The molecule has 0 atom stereocenters. The Morgan fingerprint density at radius 3 is 2.93 bits per heavy atom. The Balaban J connectivity index is 1.39. The van der Waals surface area contributed by atoms with Crippen molar-refractivity contribution < 1.29 is 13.9 Å². The summed E-state index contributed by atoms with van der Waals surface area (Å²) in [4.78, 5) is 24.0. The second-order valence-electron chi connectivity index (χ2n) is 7.26. The molecular formula is C21H23N3O4S. The summed E-state index contributed by atoms with van der Waals surface area (Å²) in [5, 5.41) is 13.3. The third kappa shape index (κ3) is 4.64. The van der Waals surface area contributed by atoms with E-state index in [9.17, 15) is 9.59 Å². The molecule has 1 fully saturated rings. The topological polar surface area (TPSA) is 94.3 Å². The number of nitrogens with one attached hydrogen (secondary N) is 1. The molecular weight excluding hydrogens is 390 g/mol. The quantitative estimate of drug-likeness (QED) is 0.554. The standard InChI is InChI=1S/C21H23N3O4S/c1-2-3-5-14-10-19(26)28-17-11-15(8-9-16(14)17)27-12-18(25)22-21-24-23-20(29-21)13-6-4-7-13/h8-11,13H,2-7,12H2,1H3,(H,22,24,25). The smallest absolute Gasteiger partial charge is 0.336 e. The monoisotopic (exact) mass is 413 g/mol. The van der Waals surface area contributed by atoms with E-state index in [4.69, 9.17) is 9.15 Å². The van der Waals surface area contributed by atoms with Crippen LogP contribution in [0.15, 0.2) is 33.5 Å². The Kier molecular flexibility index (Phi) is 5.89. The predicted molar refractivity (Wildman–Crippen MR) is 112 cm³/mol. The van der Waals surface area contributed by atoms with E-state index in [0.717, 1.165) is 48.1 Å². The second-order valence-corrected chi connectivity index (χ2v) is 8.27. The Hall–Kier alpha value is -2.74. The van der Waals surface area contributed by atoms with Gasteiger partial charge in [0.1, 0.15) is 16.3 Å². The average Bonchev–Trinajstić information content (AvgIpc) is 3.10. The molecule has 4 rings (SSSR count). The molecule has 29 heavy (non-hydrogen) atoms. The van der Waals surface area contributed by atoms with Crippen molar-refractivity contribution in [2.24, 2.45) is 0 Å². The summed E-state index contributed by atoms with van der Waals surface area (Å²) in [5.74, 6) is 0.652. The molecule has 0 aliphatic heterocycles. The van der Waals surface area contributed by atoms with Gasteiger partial charge in [-0.1, -0.05) is 31.1 Å². The number of fused-ring (bicyclic) bond motifs is 1. The van der Waals surface area contributed by atoms with E-state index >= 15 is 0 Å². The average molecular weight is 413 g/mol. The SMILES string of the molecule is CCCCc1cc(=O)oc2cc(OCC(=O)Nc3nnc(C4CCC4)s3)ccc12. The number of hydrogen-bond donors (Lipinski definition) is 1. The number of benzene rings is 1. The van der Waals surface area contributed by atoms with E-state index in [2.05, 4.69) is 22.4 Å². The highest BCUT2D eigenvalue weighted by Gasteiger charge is 2.23. The van der Waals surface area contributed by atoms with Gasteiger partial charge in [-0.15, -0.1) is 10.2 Å². The summed E-state index contributed by atoms with van der Waals surface area (Å²) in [6, 6.07) is 6.85. The van der Waals surface area contributed by atoms with Gasteiger partial charge >= 0.3 is 5.63 Å². The summed E-state index contributed by atoms with van der Waals surface area (Å²) < 4.78 is 10.9. The van der Waals surface area contributed by atoms with Gasteiger partial charge in [0, 0.05) is 23.4 Å². The van der Waals surface area contributed by atoms with Crippen LogP contribution in [0.25, 0.3) is 11.0 Å². The lowest BCUT2D eigenvalue weighted by Crippen LogP contribution is -2.20. The van der Waals surface area contributed by atoms with Crippen LogP contribution in [0.3, 0.4) is 0 Å². The third-order valence-corrected chi connectivity index (χ3v) is 6.11.